The number of hydrogen-bond donors (Lipinski definition) is 0. The Hall–Kier alpha value is -2.17. The molecule has 5 nitrogen and oxygen atoms in total. The number of pyridine rings is 1. The van der Waals surface area contributed by atoms with Crippen molar-refractivity contribution in [2.24, 2.45) is 0 Å². The van der Waals surface area contributed by atoms with Crippen molar-refractivity contribution in [3.05, 3.63) is 41.3 Å². The van der Waals surface area contributed by atoms with E-state index in [4.69, 9.17) is 4.74 Å². The van der Waals surface area contributed by atoms with E-state index in [0.717, 1.165) is 17.8 Å². The van der Waals surface area contributed by atoms with Gasteiger partial charge in [0.15, 0.2) is 5.82 Å². The van der Waals surface area contributed by atoms with Crippen molar-refractivity contribution >= 4 is 5.97 Å². The first kappa shape index (κ1) is 13.3. The molecular weight excluding hydrogens is 242 g/mol. The maximum Gasteiger partial charge on any atom is 0.339 e. The SMILES string of the molecule is CCCOC(=O)c1ccc(-n2nc(C)cc2C)nc1. The molecule has 0 amide bonds. The highest BCUT2D eigenvalue weighted by molar-refractivity contribution is 5.89. The van der Waals surface area contributed by atoms with Crippen molar-refractivity contribution in [1.29, 1.82) is 0 Å². The van der Waals surface area contributed by atoms with Crippen molar-refractivity contribution in [2.45, 2.75) is 27.2 Å². The smallest absolute Gasteiger partial charge is 0.339 e. The fourth-order valence-corrected chi connectivity index (χ4v) is 1.77. The van der Waals surface area contributed by atoms with Gasteiger partial charge in [-0.15, -0.1) is 0 Å². The van der Waals surface area contributed by atoms with E-state index in [2.05, 4.69) is 10.1 Å². The predicted octanol–water partition coefficient (Wildman–Crippen LogP) is 2.45. The molecule has 0 aliphatic heterocycles. The molecule has 2 aromatic heterocycles. The second-order valence-corrected chi connectivity index (χ2v) is 4.38. The van der Waals surface area contributed by atoms with Gasteiger partial charge in [-0.25, -0.2) is 14.5 Å². The van der Waals surface area contributed by atoms with Crippen LogP contribution in [0.3, 0.4) is 0 Å². The molecule has 0 saturated carbocycles. The zero-order chi connectivity index (χ0) is 13.8. The van der Waals surface area contributed by atoms with Crippen LogP contribution in [0.1, 0.15) is 35.1 Å². The first-order valence-electron chi connectivity index (χ1n) is 6.28. The minimum atomic E-state index is -0.339. The highest BCUT2D eigenvalue weighted by Gasteiger charge is 2.09. The Bertz CT molecular complexity index is 573. The third kappa shape index (κ3) is 2.99. The standard InChI is InChI=1S/C14H17N3O2/c1-4-7-19-14(18)12-5-6-13(15-9-12)17-11(3)8-10(2)16-17/h5-6,8-9H,4,7H2,1-3H3. The summed E-state index contributed by atoms with van der Waals surface area (Å²) in [6.07, 6.45) is 2.33. The Morgan fingerprint density at radius 3 is 2.68 bits per heavy atom. The lowest BCUT2D eigenvalue weighted by atomic mass is 10.3. The number of nitrogens with zero attached hydrogens (tertiary/aromatic N) is 3. The van der Waals surface area contributed by atoms with Gasteiger partial charge in [0, 0.05) is 11.9 Å². The summed E-state index contributed by atoms with van der Waals surface area (Å²) in [4.78, 5) is 15.9. The summed E-state index contributed by atoms with van der Waals surface area (Å²) in [5, 5.41) is 4.34. The molecule has 0 atom stereocenters. The number of aryl methyl sites for hydroxylation is 2. The summed E-state index contributed by atoms with van der Waals surface area (Å²) in [6, 6.07) is 5.45. The van der Waals surface area contributed by atoms with E-state index in [1.807, 2.05) is 26.8 Å². The summed E-state index contributed by atoms with van der Waals surface area (Å²) in [7, 11) is 0. The molecule has 0 radical (unpaired) electrons. The molecule has 0 aliphatic rings. The van der Waals surface area contributed by atoms with Gasteiger partial charge >= 0.3 is 5.97 Å². The van der Waals surface area contributed by atoms with E-state index in [1.165, 1.54) is 6.20 Å². The number of carbonyl (C=O) groups is 1. The van der Waals surface area contributed by atoms with Crippen LogP contribution in [0, 0.1) is 13.8 Å². The summed E-state index contributed by atoms with van der Waals surface area (Å²) in [6.45, 7) is 6.28. The van der Waals surface area contributed by atoms with Crippen LogP contribution in [0.2, 0.25) is 0 Å². The van der Waals surface area contributed by atoms with Crippen molar-refractivity contribution in [3.63, 3.8) is 0 Å². The lowest BCUT2D eigenvalue weighted by Gasteiger charge is -2.05. The third-order valence-corrected chi connectivity index (χ3v) is 2.65. The van der Waals surface area contributed by atoms with Gasteiger partial charge in [0.1, 0.15) is 0 Å². The maximum absolute atomic E-state index is 11.6. The molecule has 0 bridgehead atoms. The van der Waals surface area contributed by atoms with Crippen LogP contribution in [-0.2, 0) is 4.74 Å². The quantitative estimate of drug-likeness (QED) is 0.791. The molecule has 2 heterocycles. The van der Waals surface area contributed by atoms with Crippen molar-refractivity contribution < 1.29 is 9.53 Å². The van der Waals surface area contributed by atoms with Crippen molar-refractivity contribution in [2.75, 3.05) is 6.61 Å². The molecule has 2 aromatic rings. The lowest BCUT2D eigenvalue weighted by molar-refractivity contribution is 0.0504. The molecular formula is C14H17N3O2. The first-order valence-corrected chi connectivity index (χ1v) is 6.28. The molecule has 0 fully saturated rings. The van der Waals surface area contributed by atoms with Crippen LogP contribution < -0.4 is 0 Å². The van der Waals surface area contributed by atoms with Crippen LogP contribution >= 0.6 is 0 Å². The van der Waals surface area contributed by atoms with Gasteiger partial charge in [0.2, 0.25) is 0 Å². The van der Waals surface area contributed by atoms with Gasteiger partial charge < -0.3 is 4.74 Å². The highest BCUT2D eigenvalue weighted by Crippen LogP contribution is 2.10. The Morgan fingerprint density at radius 1 is 1.37 bits per heavy atom. The topological polar surface area (TPSA) is 57.0 Å². The van der Waals surface area contributed by atoms with Gasteiger partial charge in [0.05, 0.1) is 17.9 Å². The largest absolute Gasteiger partial charge is 0.462 e. The average molecular weight is 259 g/mol. The molecule has 0 spiro atoms. The Balaban J connectivity index is 2.19. The maximum atomic E-state index is 11.6. The number of rotatable bonds is 4. The highest BCUT2D eigenvalue weighted by atomic mass is 16.5. The minimum absolute atomic E-state index is 0.339. The molecule has 5 heteroatoms. The molecule has 2 rings (SSSR count). The second kappa shape index (κ2) is 5.65. The zero-order valence-corrected chi connectivity index (χ0v) is 11.4. The van der Waals surface area contributed by atoms with Gasteiger partial charge in [-0.3, -0.25) is 0 Å². The van der Waals surface area contributed by atoms with Gasteiger partial charge in [0.25, 0.3) is 0 Å². The Morgan fingerprint density at radius 2 is 2.16 bits per heavy atom. The van der Waals surface area contributed by atoms with Crippen LogP contribution in [0.4, 0.5) is 0 Å². The summed E-state index contributed by atoms with van der Waals surface area (Å²) < 4.78 is 6.80. The Labute approximate surface area is 112 Å². The fraction of sp³-hybridized carbons (Fsp3) is 0.357. The lowest BCUT2D eigenvalue weighted by Crippen LogP contribution is -2.08. The predicted molar refractivity (Wildman–Crippen MR) is 71.4 cm³/mol. The van der Waals surface area contributed by atoms with Crippen molar-refractivity contribution in [1.82, 2.24) is 14.8 Å². The van der Waals surface area contributed by atoms with Gasteiger partial charge in [-0.2, -0.15) is 5.10 Å². The summed E-state index contributed by atoms with van der Waals surface area (Å²) in [5.41, 5.74) is 2.40. The molecule has 100 valence electrons. The van der Waals surface area contributed by atoms with Crippen LogP contribution in [0.15, 0.2) is 24.4 Å². The van der Waals surface area contributed by atoms with Crippen molar-refractivity contribution in [3.8, 4) is 5.82 Å². The fourth-order valence-electron chi connectivity index (χ4n) is 1.77. The average Bonchev–Trinajstić information content (AvgIpc) is 2.75. The second-order valence-electron chi connectivity index (χ2n) is 4.38. The number of hydrogen-bond acceptors (Lipinski definition) is 4. The van der Waals surface area contributed by atoms with E-state index in [-0.39, 0.29) is 5.97 Å². The summed E-state index contributed by atoms with van der Waals surface area (Å²) in [5.74, 6) is 0.354. The number of esters is 1. The number of carbonyl (C=O) groups excluding carboxylic acids is 1. The molecule has 19 heavy (non-hydrogen) atoms. The van der Waals surface area contributed by atoms with E-state index in [0.29, 0.717) is 18.0 Å². The monoisotopic (exact) mass is 259 g/mol. The molecule has 0 aromatic carbocycles. The molecule has 0 unspecified atom stereocenters. The van der Waals surface area contributed by atoms with Gasteiger partial charge in [-0.1, -0.05) is 6.92 Å². The van der Waals surface area contributed by atoms with E-state index in [1.54, 1.807) is 16.8 Å². The van der Waals surface area contributed by atoms with Crippen LogP contribution in [0.5, 0.6) is 0 Å². The first-order chi connectivity index (χ1) is 9.11. The molecule has 0 aliphatic carbocycles. The van der Waals surface area contributed by atoms with E-state index in [9.17, 15) is 4.79 Å². The third-order valence-electron chi connectivity index (χ3n) is 2.65. The molecule has 0 saturated heterocycles. The Kier molecular flexibility index (Phi) is 3.94. The van der Waals surface area contributed by atoms with E-state index < -0.39 is 0 Å². The van der Waals surface area contributed by atoms with Gasteiger partial charge in [-0.05, 0) is 38.5 Å². The van der Waals surface area contributed by atoms with Crippen LogP contribution in [-0.4, -0.2) is 27.3 Å². The number of aromatic nitrogens is 3. The zero-order valence-electron chi connectivity index (χ0n) is 11.4. The minimum Gasteiger partial charge on any atom is -0.462 e. The number of ether oxygens (including phenoxy) is 1. The van der Waals surface area contributed by atoms with Crippen LogP contribution in [0.25, 0.3) is 5.82 Å². The normalized spacial score (nSPS) is 10.5. The molecule has 0 N–H and O–H groups in total. The summed E-state index contributed by atoms with van der Waals surface area (Å²) >= 11 is 0. The van der Waals surface area contributed by atoms with E-state index >= 15 is 0 Å².